The van der Waals surface area contributed by atoms with Gasteiger partial charge in [-0.15, -0.1) is 0 Å². The van der Waals surface area contributed by atoms with E-state index in [2.05, 4.69) is 5.43 Å². The van der Waals surface area contributed by atoms with Gasteiger partial charge < -0.3 is 0 Å². The van der Waals surface area contributed by atoms with Crippen LogP contribution in [0.5, 0.6) is 0 Å². The van der Waals surface area contributed by atoms with E-state index in [1.807, 2.05) is 13.8 Å². The summed E-state index contributed by atoms with van der Waals surface area (Å²) in [6.45, 7) is 3.72. The van der Waals surface area contributed by atoms with Crippen LogP contribution in [0.15, 0.2) is 0 Å². The maximum Gasteiger partial charge on any atom is 0.390 e. The number of halogens is 3. The third-order valence-electron chi connectivity index (χ3n) is 1.47. The Bertz CT molecular complexity index is 122. The lowest BCUT2D eigenvalue weighted by Crippen LogP contribution is -2.39. The minimum Gasteiger partial charge on any atom is -0.271 e. The lowest BCUT2D eigenvalue weighted by molar-refractivity contribution is -0.140. The molecule has 0 rings (SSSR count). The van der Waals surface area contributed by atoms with Gasteiger partial charge in [0.05, 0.1) is 6.42 Å². The number of nitrogens with one attached hydrogen (secondary N) is 1. The maximum atomic E-state index is 11.8. The van der Waals surface area contributed by atoms with Crippen LogP contribution in [0.3, 0.4) is 0 Å². The molecule has 0 aromatic heterocycles. The number of hydrogen-bond acceptors (Lipinski definition) is 2. The first kappa shape index (κ1) is 11.7. The smallest absolute Gasteiger partial charge is 0.271 e. The van der Waals surface area contributed by atoms with E-state index >= 15 is 0 Å². The second-order valence-corrected chi connectivity index (χ2v) is 3.31. The van der Waals surface area contributed by atoms with E-state index in [1.165, 1.54) is 0 Å². The molecule has 1 atom stereocenters. The lowest BCUT2D eigenvalue weighted by atomic mass is 10.0. The van der Waals surface area contributed by atoms with Gasteiger partial charge in [-0.05, 0) is 12.3 Å². The SMILES string of the molecule is CC(C)CC(CC(F)(F)F)NN. The maximum absolute atomic E-state index is 11.8. The molecule has 0 aromatic carbocycles. The van der Waals surface area contributed by atoms with Crippen LogP contribution in [-0.4, -0.2) is 12.2 Å². The summed E-state index contributed by atoms with van der Waals surface area (Å²) in [6, 6.07) is -0.662. The molecule has 3 N–H and O–H groups in total. The highest BCUT2D eigenvalue weighted by atomic mass is 19.4. The van der Waals surface area contributed by atoms with Gasteiger partial charge in [0.25, 0.3) is 0 Å². The molecule has 0 saturated carbocycles. The first-order chi connectivity index (χ1) is 5.35. The molecule has 0 radical (unpaired) electrons. The number of rotatable bonds is 4. The summed E-state index contributed by atoms with van der Waals surface area (Å²) in [5, 5.41) is 0. The topological polar surface area (TPSA) is 38.0 Å². The minimum atomic E-state index is -4.13. The predicted molar refractivity (Wildman–Crippen MR) is 41.2 cm³/mol. The zero-order valence-electron chi connectivity index (χ0n) is 7.28. The molecule has 2 nitrogen and oxygen atoms in total. The van der Waals surface area contributed by atoms with Gasteiger partial charge >= 0.3 is 6.18 Å². The van der Waals surface area contributed by atoms with Gasteiger partial charge in [-0.3, -0.25) is 11.3 Å². The van der Waals surface area contributed by atoms with Gasteiger partial charge in [0, 0.05) is 6.04 Å². The molecule has 74 valence electrons. The Morgan fingerprint density at radius 1 is 1.33 bits per heavy atom. The van der Waals surface area contributed by atoms with Gasteiger partial charge in [-0.25, -0.2) is 0 Å². The van der Waals surface area contributed by atoms with Crippen LogP contribution >= 0.6 is 0 Å². The van der Waals surface area contributed by atoms with Crippen LogP contribution in [0.1, 0.15) is 26.7 Å². The quantitative estimate of drug-likeness (QED) is 0.516. The molecule has 5 heteroatoms. The molecular weight excluding hydrogens is 169 g/mol. The van der Waals surface area contributed by atoms with Crippen LogP contribution in [0.4, 0.5) is 13.2 Å². The Morgan fingerprint density at radius 2 is 1.83 bits per heavy atom. The van der Waals surface area contributed by atoms with Crippen molar-refractivity contribution in [2.24, 2.45) is 11.8 Å². The summed E-state index contributed by atoms with van der Waals surface area (Å²) in [6.07, 6.45) is -4.55. The molecule has 0 saturated heterocycles. The third kappa shape index (κ3) is 6.42. The van der Waals surface area contributed by atoms with Crippen molar-refractivity contribution < 1.29 is 13.2 Å². The largest absolute Gasteiger partial charge is 0.390 e. The van der Waals surface area contributed by atoms with E-state index < -0.39 is 18.6 Å². The molecule has 0 fully saturated rings. The zero-order chi connectivity index (χ0) is 9.78. The van der Waals surface area contributed by atoms with Crippen LogP contribution in [0.25, 0.3) is 0 Å². The van der Waals surface area contributed by atoms with E-state index in [9.17, 15) is 13.2 Å². The van der Waals surface area contributed by atoms with Crippen molar-refractivity contribution in [3.63, 3.8) is 0 Å². The van der Waals surface area contributed by atoms with Gasteiger partial charge in [0.2, 0.25) is 0 Å². The normalized spacial score (nSPS) is 15.2. The van der Waals surface area contributed by atoms with Crippen LogP contribution in [-0.2, 0) is 0 Å². The van der Waals surface area contributed by atoms with Crippen LogP contribution in [0.2, 0.25) is 0 Å². The Kier molecular flexibility index (Phi) is 4.55. The molecule has 0 amide bonds. The van der Waals surface area contributed by atoms with Crippen molar-refractivity contribution in [2.75, 3.05) is 0 Å². The number of nitrogens with two attached hydrogens (primary N) is 1. The second-order valence-electron chi connectivity index (χ2n) is 3.31. The van der Waals surface area contributed by atoms with Gasteiger partial charge in [-0.2, -0.15) is 13.2 Å². The van der Waals surface area contributed by atoms with Gasteiger partial charge in [-0.1, -0.05) is 13.8 Å². The van der Waals surface area contributed by atoms with E-state index in [0.29, 0.717) is 6.42 Å². The molecule has 0 bridgehead atoms. The Balaban J connectivity index is 3.83. The molecule has 0 aliphatic heterocycles. The van der Waals surface area contributed by atoms with E-state index in [0.717, 1.165) is 0 Å². The van der Waals surface area contributed by atoms with E-state index in [4.69, 9.17) is 5.84 Å². The van der Waals surface area contributed by atoms with Gasteiger partial charge in [0.1, 0.15) is 0 Å². The monoisotopic (exact) mass is 184 g/mol. The molecule has 0 heterocycles. The highest BCUT2D eigenvalue weighted by molar-refractivity contribution is 4.69. The Hall–Kier alpha value is -0.290. The highest BCUT2D eigenvalue weighted by Crippen LogP contribution is 2.23. The molecule has 0 aliphatic carbocycles. The van der Waals surface area contributed by atoms with Crippen molar-refractivity contribution in [3.8, 4) is 0 Å². The van der Waals surface area contributed by atoms with E-state index in [1.54, 1.807) is 0 Å². The van der Waals surface area contributed by atoms with E-state index in [-0.39, 0.29) is 5.92 Å². The fourth-order valence-corrected chi connectivity index (χ4v) is 1.06. The Morgan fingerprint density at radius 3 is 2.08 bits per heavy atom. The van der Waals surface area contributed by atoms with Crippen molar-refractivity contribution in [2.45, 2.75) is 38.9 Å². The molecule has 0 aromatic rings. The molecule has 12 heavy (non-hydrogen) atoms. The molecule has 1 unspecified atom stereocenters. The first-order valence-corrected chi connectivity index (χ1v) is 3.88. The van der Waals surface area contributed by atoms with Crippen molar-refractivity contribution in [1.82, 2.24) is 5.43 Å². The molecular formula is C7H15F3N2. The summed E-state index contributed by atoms with van der Waals surface area (Å²) < 4.78 is 35.5. The third-order valence-corrected chi connectivity index (χ3v) is 1.47. The fourth-order valence-electron chi connectivity index (χ4n) is 1.06. The zero-order valence-corrected chi connectivity index (χ0v) is 7.28. The van der Waals surface area contributed by atoms with Crippen LogP contribution < -0.4 is 11.3 Å². The van der Waals surface area contributed by atoms with Crippen molar-refractivity contribution >= 4 is 0 Å². The number of hydrazine groups is 1. The fraction of sp³-hybridized carbons (Fsp3) is 1.00. The summed E-state index contributed by atoms with van der Waals surface area (Å²) in [7, 11) is 0. The minimum absolute atomic E-state index is 0.216. The summed E-state index contributed by atoms with van der Waals surface area (Å²) in [4.78, 5) is 0. The average molecular weight is 184 g/mol. The highest BCUT2D eigenvalue weighted by Gasteiger charge is 2.31. The molecule has 0 spiro atoms. The number of alkyl halides is 3. The summed E-state index contributed by atoms with van der Waals surface area (Å²) in [5.41, 5.74) is 2.17. The Labute approximate surface area is 70.3 Å². The average Bonchev–Trinajstić information content (AvgIpc) is 1.82. The van der Waals surface area contributed by atoms with Crippen LogP contribution in [0, 0.1) is 5.92 Å². The molecule has 0 aliphatic rings. The first-order valence-electron chi connectivity index (χ1n) is 3.88. The number of hydrogen-bond donors (Lipinski definition) is 2. The lowest BCUT2D eigenvalue weighted by Gasteiger charge is -2.19. The summed E-state index contributed by atoms with van der Waals surface area (Å²) >= 11 is 0. The second kappa shape index (κ2) is 4.67. The summed E-state index contributed by atoms with van der Waals surface area (Å²) in [5.74, 6) is 5.19. The van der Waals surface area contributed by atoms with Crippen molar-refractivity contribution in [3.05, 3.63) is 0 Å². The predicted octanol–water partition coefficient (Wildman–Crippen LogP) is 1.82. The standard InChI is InChI=1S/C7H15F3N2/c1-5(2)3-6(12-11)4-7(8,9)10/h5-6,12H,3-4,11H2,1-2H3. The van der Waals surface area contributed by atoms with Gasteiger partial charge in [0.15, 0.2) is 0 Å². The van der Waals surface area contributed by atoms with Crippen molar-refractivity contribution in [1.29, 1.82) is 0 Å².